The van der Waals surface area contributed by atoms with Crippen molar-refractivity contribution in [2.24, 2.45) is 0 Å². The minimum absolute atomic E-state index is 0. The van der Waals surface area contributed by atoms with E-state index >= 15 is 0 Å². The third kappa shape index (κ3) is 6.22. The fourth-order valence-corrected chi connectivity index (χ4v) is 6.40. The summed E-state index contributed by atoms with van der Waals surface area (Å²) >= 11 is 0. The van der Waals surface area contributed by atoms with Crippen molar-refractivity contribution in [3.05, 3.63) is 163 Å². The molecule has 0 aliphatic carbocycles. The average Bonchev–Trinajstić information content (AvgIpc) is 3.14. The van der Waals surface area contributed by atoms with Crippen LogP contribution in [0.25, 0.3) is 33.6 Å². The first kappa shape index (κ1) is 32.3. The van der Waals surface area contributed by atoms with Gasteiger partial charge < -0.3 is 19.4 Å². The number of para-hydroxylation sites is 1. The largest absolute Gasteiger partial charge is 0.503 e. The summed E-state index contributed by atoms with van der Waals surface area (Å²) in [6.45, 7) is 6.39. The molecule has 0 saturated carbocycles. The van der Waals surface area contributed by atoms with Crippen molar-refractivity contribution in [1.29, 1.82) is 0 Å². The van der Waals surface area contributed by atoms with Gasteiger partial charge in [-0.05, 0) is 66.1 Å². The van der Waals surface area contributed by atoms with Gasteiger partial charge in [-0.3, -0.25) is 0 Å². The molecule has 0 amide bonds. The molecule has 0 spiro atoms. The minimum Gasteiger partial charge on any atom is -0.503 e. The van der Waals surface area contributed by atoms with Gasteiger partial charge in [-0.25, -0.2) is 0 Å². The molecule has 4 heterocycles. The zero-order valence-corrected chi connectivity index (χ0v) is 29.7. The second-order valence-electron chi connectivity index (χ2n) is 12.2. The second-order valence-corrected chi connectivity index (χ2v) is 12.2. The van der Waals surface area contributed by atoms with E-state index in [0.29, 0.717) is 0 Å². The van der Waals surface area contributed by atoms with E-state index in [4.69, 9.17) is 9.47 Å². The van der Waals surface area contributed by atoms with Crippen LogP contribution in [0, 0.1) is 32.9 Å². The van der Waals surface area contributed by atoms with Crippen LogP contribution in [0.3, 0.4) is 0 Å². The molecule has 7 aromatic rings. The topological polar surface area (TPSA) is 44.2 Å². The van der Waals surface area contributed by atoms with E-state index in [1.165, 1.54) is 27.8 Å². The molecular formula is C43H31BIrN2O2-2. The monoisotopic (exact) mass is 811 g/mol. The van der Waals surface area contributed by atoms with Crippen molar-refractivity contribution < 1.29 is 29.6 Å². The van der Waals surface area contributed by atoms with Gasteiger partial charge in [-0.2, -0.15) is 0 Å². The molecule has 0 bridgehead atoms. The van der Waals surface area contributed by atoms with E-state index in [-0.39, 0.29) is 26.8 Å². The Morgan fingerprint density at radius 1 is 0.551 bits per heavy atom. The van der Waals surface area contributed by atoms with E-state index in [2.05, 4.69) is 104 Å². The smallest absolute Gasteiger partial charge is 0.241 e. The van der Waals surface area contributed by atoms with Gasteiger partial charge in [-0.1, -0.05) is 90.8 Å². The molecule has 0 unspecified atom stereocenters. The van der Waals surface area contributed by atoms with Crippen molar-refractivity contribution in [2.45, 2.75) is 20.8 Å². The molecule has 0 atom stereocenters. The van der Waals surface area contributed by atoms with Gasteiger partial charge in [0.15, 0.2) is 0 Å². The Kier molecular flexibility index (Phi) is 9.01. The third-order valence-electron chi connectivity index (χ3n) is 9.07. The first-order valence-electron chi connectivity index (χ1n) is 16.1. The quantitative estimate of drug-likeness (QED) is 0.133. The number of benzene rings is 5. The van der Waals surface area contributed by atoms with Gasteiger partial charge in [0, 0.05) is 43.7 Å². The van der Waals surface area contributed by atoms with Gasteiger partial charge in [0.2, 0.25) is 6.71 Å². The number of fused-ring (bicyclic) bond motifs is 4. The van der Waals surface area contributed by atoms with Crippen molar-refractivity contribution in [2.75, 3.05) is 0 Å². The van der Waals surface area contributed by atoms with Crippen molar-refractivity contribution >= 4 is 23.1 Å². The normalized spacial score (nSPS) is 11.7. The van der Waals surface area contributed by atoms with Crippen LogP contribution in [0.2, 0.25) is 0 Å². The fourth-order valence-electron chi connectivity index (χ4n) is 6.40. The predicted molar refractivity (Wildman–Crippen MR) is 194 cm³/mol. The SMILES string of the molecule is Cc1cnc(-c2[c-]cc(C)c(-c3ccccc3)c2)cc1C.[Ir].[c-]1cc2c(cc1-c1ccccn1)B1c3ccccc3Oc3cccc(c31)O2. The van der Waals surface area contributed by atoms with Crippen molar-refractivity contribution in [3.8, 4) is 56.6 Å². The molecule has 0 saturated heterocycles. The van der Waals surface area contributed by atoms with Crippen LogP contribution in [-0.2, 0) is 20.1 Å². The Balaban J connectivity index is 0.000000156. The first-order valence-corrected chi connectivity index (χ1v) is 16.1. The summed E-state index contributed by atoms with van der Waals surface area (Å²) in [5, 5.41) is 0. The summed E-state index contributed by atoms with van der Waals surface area (Å²) in [4.78, 5) is 9.01. The Labute approximate surface area is 301 Å². The van der Waals surface area contributed by atoms with E-state index in [0.717, 1.165) is 61.9 Å². The molecule has 0 N–H and O–H groups in total. The number of aromatic nitrogens is 2. The number of nitrogens with zero attached hydrogens (tertiary/aromatic N) is 2. The fraction of sp³-hybridized carbons (Fsp3) is 0.0698. The van der Waals surface area contributed by atoms with Crippen LogP contribution in [0.15, 0.2) is 134 Å². The van der Waals surface area contributed by atoms with Crippen LogP contribution >= 0.6 is 0 Å². The van der Waals surface area contributed by atoms with Crippen molar-refractivity contribution in [1.82, 2.24) is 9.97 Å². The predicted octanol–water partition coefficient (Wildman–Crippen LogP) is 8.41. The maximum Gasteiger partial charge on any atom is 0.241 e. The number of hydrogen-bond acceptors (Lipinski definition) is 4. The van der Waals surface area contributed by atoms with Gasteiger partial charge in [-0.15, -0.1) is 58.6 Å². The molecule has 2 aliphatic rings. The number of ether oxygens (including phenoxy) is 2. The van der Waals surface area contributed by atoms with Gasteiger partial charge in [0.05, 0.1) is 0 Å². The Hall–Kier alpha value is -5.29. The van der Waals surface area contributed by atoms with Crippen LogP contribution in [0.5, 0.6) is 23.0 Å². The van der Waals surface area contributed by atoms with Gasteiger partial charge in [0.25, 0.3) is 0 Å². The maximum atomic E-state index is 6.20. The molecule has 2 aromatic heterocycles. The number of hydrogen-bond donors (Lipinski definition) is 0. The van der Waals surface area contributed by atoms with Crippen LogP contribution < -0.4 is 25.9 Å². The molecule has 5 aromatic carbocycles. The molecule has 49 heavy (non-hydrogen) atoms. The average molecular weight is 811 g/mol. The Morgan fingerprint density at radius 2 is 1.24 bits per heavy atom. The second kappa shape index (κ2) is 13.7. The summed E-state index contributed by atoms with van der Waals surface area (Å²) in [5.41, 5.74) is 13.4. The molecule has 1 radical (unpaired) electrons. The Bertz CT molecular complexity index is 2280. The molecule has 6 heteroatoms. The zero-order chi connectivity index (χ0) is 32.6. The number of rotatable bonds is 3. The molecule has 4 nitrogen and oxygen atoms in total. The number of aryl methyl sites for hydroxylation is 3. The molecule has 9 rings (SSSR count). The molecular weight excluding hydrogens is 780 g/mol. The van der Waals surface area contributed by atoms with E-state index in [1.807, 2.05) is 66.9 Å². The van der Waals surface area contributed by atoms with Crippen LogP contribution in [0.4, 0.5) is 0 Å². The number of pyridine rings is 2. The summed E-state index contributed by atoms with van der Waals surface area (Å²) in [5.74, 6) is 3.43. The van der Waals surface area contributed by atoms with E-state index < -0.39 is 0 Å². The Morgan fingerprint density at radius 3 is 2.02 bits per heavy atom. The molecule has 0 fully saturated rings. The summed E-state index contributed by atoms with van der Waals surface area (Å²) in [7, 11) is 0. The summed E-state index contributed by atoms with van der Waals surface area (Å²) < 4.78 is 12.4. The molecule has 239 valence electrons. The standard InChI is InChI=1S/C23H13BNO2.C20H18N.Ir/c1-2-8-19-16(6-1)24-17-14-15(18-7-3-4-13-25-18)11-12-20(17)27-22-10-5-9-21(26-19)23(22)24;1-14-9-10-18(20-11-15(2)16(3)13-21-20)12-19(14)17-7-5-4-6-8-17;/h1-10,12-14H;4-9,11-13H,1-3H3;/q2*-1;. The van der Waals surface area contributed by atoms with Crippen LogP contribution in [0.1, 0.15) is 16.7 Å². The summed E-state index contributed by atoms with van der Waals surface area (Å²) in [6, 6.07) is 47.7. The van der Waals surface area contributed by atoms with E-state index in [1.54, 1.807) is 6.20 Å². The third-order valence-corrected chi connectivity index (χ3v) is 9.07. The summed E-state index contributed by atoms with van der Waals surface area (Å²) in [6.07, 6.45) is 3.73. The molecule has 2 aliphatic heterocycles. The van der Waals surface area contributed by atoms with Gasteiger partial charge in [0.1, 0.15) is 17.2 Å². The zero-order valence-electron chi connectivity index (χ0n) is 27.3. The minimum atomic E-state index is 0. The first-order chi connectivity index (χ1) is 23.5. The maximum absolute atomic E-state index is 6.20. The van der Waals surface area contributed by atoms with Gasteiger partial charge >= 0.3 is 0 Å². The van der Waals surface area contributed by atoms with Crippen LogP contribution in [-0.4, -0.2) is 16.7 Å². The van der Waals surface area contributed by atoms with Crippen molar-refractivity contribution in [3.63, 3.8) is 0 Å². The van der Waals surface area contributed by atoms with E-state index in [9.17, 15) is 0 Å².